The van der Waals surface area contributed by atoms with E-state index in [2.05, 4.69) is 0 Å². The Morgan fingerprint density at radius 1 is 1.22 bits per heavy atom. The Kier molecular flexibility index (Phi) is 6.44. The van der Waals surface area contributed by atoms with Crippen molar-refractivity contribution in [2.45, 2.75) is 51.0 Å². The highest BCUT2D eigenvalue weighted by molar-refractivity contribution is 5.77. The van der Waals surface area contributed by atoms with Crippen LogP contribution in [0.15, 0.2) is 24.3 Å². The molecule has 23 heavy (non-hydrogen) atoms. The molecule has 2 rings (SSSR count). The maximum atomic E-state index is 12.5. The lowest BCUT2D eigenvalue weighted by atomic mass is 9.97. The molecule has 0 bridgehead atoms. The van der Waals surface area contributed by atoms with E-state index in [9.17, 15) is 9.59 Å². The van der Waals surface area contributed by atoms with Gasteiger partial charge in [0.05, 0.1) is 7.11 Å². The molecule has 126 valence electrons. The smallest absolute Gasteiger partial charge is 0.303 e. The van der Waals surface area contributed by atoms with Crippen LogP contribution in [0.25, 0.3) is 0 Å². The molecule has 0 saturated carbocycles. The number of benzene rings is 1. The largest absolute Gasteiger partial charge is 0.497 e. The normalized spacial score (nSPS) is 17.8. The zero-order valence-electron chi connectivity index (χ0n) is 13.7. The maximum absolute atomic E-state index is 12.5. The van der Waals surface area contributed by atoms with Crippen LogP contribution >= 0.6 is 0 Å². The number of nitrogens with zero attached hydrogens (tertiary/aromatic N) is 1. The first-order chi connectivity index (χ1) is 11.1. The number of rotatable bonds is 7. The molecule has 1 atom stereocenters. The van der Waals surface area contributed by atoms with E-state index >= 15 is 0 Å². The molecular weight excluding hydrogens is 294 g/mol. The number of piperidine rings is 1. The molecule has 1 aliphatic rings. The summed E-state index contributed by atoms with van der Waals surface area (Å²) in [7, 11) is 1.63. The lowest BCUT2D eigenvalue weighted by Gasteiger charge is -2.35. The van der Waals surface area contributed by atoms with Crippen LogP contribution in [0, 0.1) is 0 Å². The summed E-state index contributed by atoms with van der Waals surface area (Å²) in [5.74, 6) is 0.155. The van der Waals surface area contributed by atoms with E-state index in [1.54, 1.807) is 7.11 Å². The minimum Gasteiger partial charge on any atom is -0.497 e. The average Bonchev–Trinajstić information content (AvgIpc) is 2.58. The molecule has 1 heterocycles. The number of carboxylic acid groups (broad SMARTS) is 1. The number of hydrogen-bond acceptors (Lipinski definition) is 3. The quantitative estimate of drug-likeness (QED) is 0.839. The molecule has 0 radical (unpaired) electrons. The van der Waals surface area contributed by atoms with E-state index in [0.29, 0.717) is 19.3 Å². The van der Waals surface area contributed by atoms with Gasteiger partial charge in [0.15, 0.2) is 0 Å². The number of carboxylic acids is 1. The summed E-state index contributed by atoms with van der Waals surface area (Å²) < 4.78 is 5.13. The molecule has 0 aliphatic carbocycles. The molecule has 0 spiro atoms. The molecule has 0 unspecified atom stereocenters. The molecule has 1 N–H and O–H groups in total. The third-order valence-corrected chi connectivity index (χ3v) is 4.43. The first-order valence-electron chi connectivity index (χ1n) is 8.24. The topological polar surface area (TPSA) is 66.8 Å². The Morgan fingerprint density at radius 3 is 2.61 bits per heavy atom. The third kappa shape index (κ3) is 5.27. The summed E-state index contributed by atoms with van der Waals surface area (Å²) >= 11 is 0. The van der Waals surface area contributed by atoms with Gasteiger partial charge in [-0.05, 0) is 49.8 Å². The van der Waals surface area contributed by atoms with Crippen molar-refractivity contribution in [2.24, 2.45) is 0 Å². The van der Waals surface area contributed by atoms with Gasteiger partial charge in [-0.3, -0.25) is 9.59 Å². The zero-order chi connectivity index (χ0) is 16.7. The van der Waals surface area contributed by atoms with Crippen LogP contribution in [0.1, 0.15) is 44.1 Å². The van der Waals surface area contributed by atoms with Gasteiger partial charge in [0.25, 0.3) is 0 Å². The lowest BCUT2D eigenvalue weighted by Crippen LogP contribution is -2.44. The molecule has 5 heteroatoms. The molecular formula is C18H25NO4. The summed E-state index contributed by atoms with van der Waals surface area (Å²) in [5, 5.41) is 8.85. The van der Waals surface area contributed by atoms with Crippen molar-refractivity contribution in [3.63, 3.8) is 0 Å². The van der Waals surface area contributed by atoms with Crippen LogP contribution in [-0.2, 0) is 16.0 Å². The van der Waals surface area contributed by atoms with Gasteiger partial charge in [-0.15, -0.1) is 0 Å². The van der Waals surface area contributed by atoms with E-state index in [0.717, 1.165) is 37.1 Å². The summed E-state index contributed by atoms with van der Waals surface area (Å²) in [6.07, 6.45) is 4.86. The van der Waals surface area contributed by atoms with Crippen molar-refractivity contribution in [1.29, 1.82) is 0 Å². The molecule has 1 fully saturated rings. The minimum absolute atomic E-state index is 0.0863. The SMILES string of the molecule is COc1ccc(CCC(=O)N2CCCC[C@H]2CCC(=O)O)cc1. The van der Waals surface area contributed by atoms with Crippen LogP contribution in [0.5, 0.6) is 5.75 Å². The molecule has 1 aromatic carbocycles. The number of amides is 1. The molecule has 1 aromatic rings. The number of carbonyl (C=O) groups excluding carboxylic acids is 1. The van der Waals surface area contributed by atoms with Crippen molar-refractivity contribution < 1.29 is 19.4 Å². The van der Waals surface area contributed by atoms with Crippen LogP contribution < -0.4 is 4.74 Å². The lowest BCUT2D eigenvalue weighted by molar-refractivity contribution is -0.140. The van der Waals surface area contributed by atoms with Gasteiger partial charge in [-0.1, -0.05) is 12.1 Å². The number of likely N-dealkylation sites (tertiary alicyclic amines) is 1. The Labute approximate surface area is 137 Å². The molecule has 1 aliphatic heterocycles. The van der Waals surface area contributed by atoms with Crippen LogP contribution in [0.3, 0.4) is 0 Å². The summed E-state index contributed by atoms with van der Waals surface area (Å²) in [6, 6.07) is 7.84. The van der Waals surface area contributed by atoms with E-state index < -0.39 is 5.97 Å². The number of methoxy groups -OCH3 is 1. The van der Waals surface area contributed by atoms with Crippen molar-refractivity contribution in [1.82, 2.24) is 4.90 Å². The van der Waals surface area contributed by atoms with Crippen molar-refractivity contribution in [3.8, 4) is 5.75 Å². The molecule has 5 nitrogen and oxygen atoms in total. The fraction of sp³-hybridized carbons (Fsp3) is 0.556. The highest BCUT2D eigenvalue weighted by atomic mass is 16.5. The zero-order valence-corrected chi connectivity index (χ0v) is 13.7. The fourth-order valence-electron chi connectivity index (χ4n) is 3.11. The Bertz CT molecular complexity index is 526. The van der Waals surface area contributed by atoms with Gasteiger partial charge in [-0.2, -0.15) is 0 Å². The van der Waals surface area contributed by atoms with Crippen molar-refractivity contribution in [3.05, 3.63) is 29.8 Å². The average molecular weight is 319 g/mol. The second-order valence-electron chi connectivity index (χ2n) is 6.02. The summed E-state index contributed by atoms with van der Waals surface area (Å²) in [5.41, 5.74) is 1.11. The van der Waals surface area contributed by atoms with Crippen LogP contribution in [0.4, 0.5) is 0 Å². The Balaban J connectivity index is 1.87. The summed E-state index contributed by atoms with van der Waals surface area (Å²) in [6.45, 7) is 0.756. The van der Waals surface area contributed by atoms with Gasteiger partial charge >= 0.3 is 5.97 Å². The van der Waals surface area contributed by atoms with E-state index in [1.807, 2.05) is 29.2 Å². The monoisotopic (exact) mass is 319 g/mol. The van der Waals surface area contributed by atoms with Crippen LogP contribution in [-0.4, -0.2) is 41.6 Å². The fourth-order valence-corrected chi connectivity index (χ4v) is 3.11. The number of ether oxygens (including phenoxy) is 1. The molecule has 1 amide bonds. The van der Waals surface area contributed by atoms with Gasteiger partial charge in [-0.25, -0.2) is 0 Å². The first kappa shape index (κ1) is 17.3. The van der Waals surface area contributed by atoms with Gasteiger partial charge in [0.2, 0.25) is 5.91 Å². The predicted octanol–water partition coefficient (Wildman–Crippen LogP) is 2.87. The number of aliphatic carboxylic acids is 1. The predicted molar refractivity (Wildman–Crippen MR) is 87.5 cm³/mol. The van der Waals surface area contributed by atoms with Crippen molar-refractivity contribution in [2.75, 3.05) is 13.7 Å². The van der Waals surface area contributed by atoms with Gasteiger partial charge < -0.3 is 14.7 Å². The van der Waals surface area contributed by atoms with Gasteiger partial charge in [0, 0.05) is 25.4 Å². The minimum atomic E-state index is -0.791. The maximum Gasteiger partial charge on any atom is 0.303 e. The second-order valence-corrected chi connectivity index (χ2v) is 6.02. The first-order valence-corrected chi connectivity index (χ1v) is 8.24. The van der Waals surface area contributed by atoms with Crippen molar-refractivity contribution >= 4 is 11.9 Å². The van der Waals surface area contributed by atoms with E-state index in [1.165, 1.54) is 0 Å². The Morgan fingerprint density at radius 2 is 1.96 bits per heavy atom. The Hall–Kier alpha value is -2.04. The van der Waals surface area contributed by atoms with Gasteiger partial charge in [0.1, 0.15) is 5.75 Å². The highest BCUT2D eigenvalue weighted by Gasteiger charge is 2.26. The summed E-state index contributed by atoms with van der Waals surface area (Å²) in [4.78, 5) is 25.2. The third-order valence-electron chi connectivity index (χ3n) is 4.43. The second kappa shape index (κ2) is 8.56. The molecule has 1 saturated heterocycles. The van der Waals surface area contributed by atoms with E-state index in [4.69, 9.17) is 9.84 Å². The van der Waals surface area contributed by atoms with Crippen LogP contribution in [0.2, 0.25) is 0 Å². The molecule has 0 aromatic heterocycles. The number of aryl methyl sites for hydroxylation is 1. The highest BCUT2D eigenvalue weighted by Crippen LogP contribution is 2.22. The number of carbonyl (C=O) groups is 2. The standard InChI is InChI=1S/C18H25NO4/c1-23-16-9-5-14(6-10-16)7-11-17(20)19-13-3-2-4-15(19)8-12-18(21)22/h5-6,9-10,15H,2-4,7-8,11-13H2,1H3,(H,21,22)/t15-/m0/s1. The number of hydrogen-bond donors (Lipinski definition) is 1. The van der Waals surface area contributed by atoms with E-state index in [-0.39, 0.29) is 18.4 Å².